The van der Waals surface area contributed by atoms with Crippen molar-refractivity contribution in [3.8, 4) is 0 Å². The minimum Gasteiger partial charge on any atom is -0.324 e. The van der Waals surface area contributed by atoms with Crippen LogP contribution < -0.4 is 5.32 Å². The Morgan fingerprint density at radius 2 is 1.73 bits per heavy atom. The molecule has 0 fully saturated rings. The summed E-state index contributed by atoms with van der Waals surface area (Å²) in [6, 6.07) is 3.05. The van der Waals surface area contributed by atoms with Gasteiger partial charge >= 0.3 is 0 Å². The lowest BCUT2D eigenvalue weighted by atomic mass is 10.1. The predicted molar refractivity (Wildman–Crippen MR) is 85.0 cm³/mol. The van der Waals surface area contributed by atoms with E-state index in [0.29, 0.717) is 0 Å². The molecule has 26 heavy (non-hydrogen) atoms. The van der Waals surface area contributed by atoms with Gasteiger partial charge in [0.25, 0.3) is 17.8 Å². The number of rotatable bonds is 6. The van der Waals surface area contributed by atoms with Gasteiger partial charge in [-0.15, -0.1) is 0 Å². The number of halogens is 2. The fourth-order valence-corrected chi connectivity index (χ4v) is 2.34. The fraction of sp³-hybridized carbons (Fsp3) is 0.286. The zero-order valence-corrected chi connectivity index (χ0v) is 13.6. The van der Waals surface area contributed by atoms with Gasteiger partial charge in [0.15, 0.2) is 0 Å². The zero-order valence-electron chi connectivity index (χ0n) is 13.6. The van der Waals surface area contributed by atoms with Gasteiger partial charge in [-0.1, -0.05) is 0 Å². The number of benzene rings is 1. The van der Waals surface area contributed by atoms with Crippen LogP contribution in [0.25, 0.3) is 0 Å². The maximum absolute atomic E-state index is 12.9. The number of carbonyl (C=O) groups excluding carboxylic acids is 1. The first-order chi connectivity index (χ1) is 12.1. The minimum atomic E-state index is -2.84. The first-order valence-electron chi connectivity index (χ1n) is 7.16. The third kappa shape index (κ3) is 3.96. The Bertz CT molecular complexity index is 861. The first-order valence-corrected chi connectivity index (χ1v) is 7.16. The van der Waals surface area contributed by atoms with Gasteiger partial charge in [-0.3, -0.25) is 29.7 Å². The van der Waals surface area contributed by atoms with Gasteiger partial charge in [0.1, 0.15) is 17.8 Å². The average molecular weight is 369 g/mol. The first kappa shape index (κ1) is 18.9. The summed E-state index contributed by atoms with van der Waals surface area (Å²) >= 11 is 0. The molecule has 0 bridgehead atoms. The van der Waals surface area contributed by atoms with E-state index in [2.05, 4.69) is 10.4 Å². The highest BCUT2D eigenvalue weighted by Crippen LogP contribution is 2.31. The van der Waals surface area contributed by atoms with Crippen LogP contribution in [0.5, 0.6) is 0 Å². The molecule has 1 aromatic carbocycles. The molecular formula is C14H13F2N5O5. The molecule has 10 nitrogen and oxygen atoms in total. The Balaban J connectivity index is 2.29. The highest BCUT2D eigenvalue weighted by molar-refractivity contribution is 5.91. The van der Waals surface area contributed by atoms with Gasteiger partial charge < -0.3 is 5.32 Å². The summed E-state index contributed by atoms with van der Waals surface area (Å²) in [5, 5.41) is 28.1. The monoisotopic (exact) mass is 369 g/mol. The predicted octanol–water partition coefficient (Wildman–Crippen LogP) is 2.89. The molecule has 0 aliphatic rings. The van der Waals surface area contributed by atoms with Gasteiger partial charge in [-0.25, -0.2) is 8.78 Å². The number of anilines is 1. The average Bonchev–Trinajstić information content (AvgIpc) is 2.88. The number of hydrogen-bond donors (Lipinski definition) is 1. The molecule has 2 aromatic rings. The summed E-state index contributed by atoms with van der Waals surface area (Å²) in [4.78, 5) is 32.5. The van der Waals surface area contributed by atoms with Crippen LogP contribution in [0.15, 0.2) is 18.2 Å². The minimum absolute atomic E-state index is 0.166. The lowest BCUT2D eigenvalue weighted by Gasteiger charge is -2.09. The summed E-state index contributed by atoms with van der Waals surface area (Å²) in [5.41, 5.74) is -1.62. The van der Waals surface area contributed by atoms with E-state index < -0.39 is 45.8 Å². The second kappa shape index (κ2) is 7.21. The molecule has 0 saturated heterocycles. The van der Waals surface area contributed by atoms with Crippen LogP contribution in [0.3, 0.4) is 0 Å². The molecule has 0 aliphatic heterocycles. The lowest BCUT2D eigenvalue weighted by Crippen LogP contribution is -2.21. The number of alkyl halides is 2. The van der Waals surface area contributed by atoms with Crippen LogP contribution in [0.2, 0.25) is 0 Å². The molecule has 0 spiro atoms. The highest BCUT2D eigenvalue weighted by atomic mass is 19.3. The van der Waals surface area contributed by atoms with E-state index in [1.807, 2.05) is 0 Å². The van der Waals surface area contributed by atoms with E-state index >= 15 is 0 Å². The molecule has 1 N–H and O–H groups in total. The van der Waals surface area contributed by atoms with Gasteiger partial charge in [0, 0.05) is 12.1 Å². The molecule has 1 aromatic heterocycles. The maximum Gasteiger partial charge on any atom is 0.281 e. The smallest absolute Gasteiger partial charge is 0.281 e. The Kier molecular flexibility index (Phi) is 5.24. The van der Waals surface area contributed by atoms with E-state index in [4.69, 9.17) is 0 Å². The second-order valence-corrected chi connectivity index (χ2v) is 5.37. The highest BCUT2D eigenvalue weighted by Gasteiger charge is 2.24. The van der Waals surface area contributed by atoms with E-state index in [0.717, 1.165) is 22.9 Å². The molecule has 0 atom stereocenters. The van der Waals surface area contributed by atoms with E-state index in [-0.39, 0.29) is 16.9 Å². The Labute approximate surface area is 144 Å². The number of nitrogens with zero attached hydrogens (tertiary/aromatic N) is 4. The molecular weight excluding hydrogens is 356 g/mol. The molecule has 1 heterocycles. The SMILES string of the molecule is Cc1cc(C(F)F)n(CC(=O)Nc2cc([N+](=O)[O-])c(C)c([N+](=O)[O-])c2)n1. The fourth-order valence-electron chi connectivity index (χ4n) is 2.34. The van der Waals surface area contributed by atoms with Gasteiger partial charge in [0.05, 0.1) is 21.2 Å². The van der Waals surface area contributed by atoms with Gasteiger partial charge in [-0.2, -0.15) is 5.10 Å². The van der Waals surface area contributed by atoms with Gasteiger partial charge in [0.2, 0.25) is 5.91 Å². The molecule has 138 valence electrons. The van der Waals surface area contributed by atoms with E-state index in [1.54, 1.807) is 0 Å². The molecule has 12 heteroatoms. The molecule has 0 radical (unpaired) electrons. The van der Waals surface area contributed by atoms with Crippen LogP contribution >= 0.6 is 0 Å². The number of aromatic nitrogens is 2. The third-order valence-corrected chi connectivity index (χ3v) is 3.48. The van der Waals surface area contributed by atoms with Crippen LogP contribution in [0, 0.1) is 34.1 Å². The summed E-state index contributed by atoms with van der Waals surface area (Å²) in [6.45, 7) is 2.11. The van der Waals surface area contributed by atoms with Crippen molar-refractivity contribution in [3.05, 3.63) is 55.4 Å². The van der Waals surface area contributed by atoms with Crippen molar-refractivity contribution in [1.29, 1.82) is 0 Å². The Morgan fingerprint density at radius 1 is 1.19 bits per heavy atom. The summed E-state index contributed by atoms with van der Waals surface area (Å²) in [6.07, 6.45) is -2.84. The molecule has 0 aliphatic carbocycles. The summed E-state index contributed by atoms with van der Waals surface area (Å²) < 4.78 is 26.6. The van der Waals surface area contributed by atoms with E-state index in [9.17, 15) is 33.8 Å². The van der Waals surface area contributed by atoms with Crippen LogP contribution in [-0.2, 0) is 11.3 Å². The number of hydrogen-bond acceptors (Lipinski definition) is 6. The molecule has 2 rings (SSSR count). The molecule has 1 amide bonds. The topological polar surface area (TPSA) is 133 Å². The van der Waals surface area contributed by atoms with Crippen LogP contribution in [-0.4, -0.2) is 25.5 Å². The van der Waals surface area contributed by atoms with Gasteiger partial charge in [-0.05, 0) is 19.9 Å². The molecule has 0 unspecified atom stereocenters. The lowest BCUT2D eigenvalue weighted by molar-refractivity contribution is -0.395. The number of amides is 1. The number of nitrogens with one attached hydrogen (secondary N) is 1. The summed E-state index contributed by atoms with van der Waals surface area (Å²) in [5.74, 6) is -0.817. The second-order valence-electron chi connectivity index (χ2n) is 5.37. The van der Waals surface area contributed by atoms with E-state index in [1.165, 1.54) is 13.8 Å². The molecule has 0 saturated carbocycles. The zero-order chi connectivity index (χ0) is 19.6. The maximum atomic E-state index is 12.9. The summed E-state index contributed by atoms with van der Waals surface area (Å²) in [7, 11) is 0. The quantitative estimate of drug-likeness (QED) is 0.615. The number of carbonyl (C=O) groups is 1. The van der Waals surface area contributed by atoms with Crippen molar-refractivity contribution in [3.63, 3.8) is 0 Å². The third-order valence-electron chi connectivity index (χ3n) is 3.48. The van der Waals surface area contributed by atoms with Crippen molar-refractivity contribution in [1.82, 2.24) is 9.78 Å². The van der Waals surface area contributed by atoms with Crippen molar-refractivity contribution in [2.75, 3.05) is 5.32 Å². The number of nitro benzene ring substituents is 2. The van der Waals surface area contributed by atoms with Crippen molar-refractivity contribution in [2.24, 2.45) is 0 Å². The number of nitro groups is 2. The normalized spacial score (nSPS) is 10.8. The van der Waals surface area contributed by atoms with Crippen molar-refractivity contribution in [2.45, 2.75) is 26.8 Å². The Morgan fingerprint density at radius 3 is 2.19 bits per heavy atom. The van der Waals surface area contributed by atoms with Crippen molar-refractivity contribution >= 4 is 23.0 Å². The Hall–Kier alpha value is -3.44. The van der Waals surface area contributed by atoms with Crippen LogP contribution in [0.1, 0.15) is 23.4 Å². The van der Waals surface area contributed by atoms with Crippen molar-refractivity contribution < 1.29 is 23.4 Å². The largest absolute Gasteiger partial charge is 0.324 e. The standard InChI is InChI=1S/C14H13F2N5O5/c1-7-3-12(14(15)16)19(18-7)6-13(22)17-9-4-10(20(23)24)8(2)11(5-9)21(25)26/h3-5,14H,6H2,1-2H3,(H,17,22). The number of aryl methyl sites for hydroxylation is 1. The van der Waals surface area contributed by atoms with Crippen LogP contribution in [0.4, 0.5) is 25.8 Å².